The van der Waals surface area contributed by atoms with E-state index >= 15 is 0 Å². The van der Waals surface area contributed by atoms with E-state index in [2.05, 4.69) is 24.2 Å². The van der Waals surface area contributed by atoms with Crippen molar-refractivity contribution in [1.82, 2.24) is 15.0 Å². The number of halogens is 1. The minimum Gasteiger partial charge on any atom is -0.497 e. The number of aromatic nitrogens is 3. The molecule has 0 spiro atoms. The summed E-state index contributed by atoms with van der Waals surface area (Å²) in [6, 6.07) is 12.1. The van der Waals surface area contributed by atoms with Crippen LogP contribution in [0, 0.1) is 17.7 Å². The molecule has 3 aromatic rings. The predicted molar refractivity (Wildman–Crippen MR) is 135 cm³/mol. The molecule has 0 unspecified atom stereocenters. The Morgan fingerprint density at radius 3 is 2.63 bits per heavy atom. The molecule has 0 bridgehead atoms. The lowest BCUT2D eigenvalue weighted by molar-refractivity contribution is -0.137. The molecule has 1 saturated carbocycles. The summed E-state index contributed by atoms with van der Waals surface area (Å²) in [6.45, 7) is 4.33. The first-order valence-corrected chi connectivity index (χ1v) is 11.6. The molecular formula is C26H32FN3O4S. The number of benzene rings is 2. The number of hydrogen-bond donors (Lipinski definition) is 1. The number of ether oxygens (including phenoxy) is 2. The van der Waals surface area contributed by atoms with Crippen molar-refractivity contribution in [1.29, 1.82) is 0 Å². The maximum atomic E-state index is 14.6. The van der Waals surface area contributed by atoms with Gasteiger partial charge in [0, 0.05) is 6.07 Å². The maximum absolute atomic E-state index is 14.6. The third-order valence-electron chi connectivity index (χ3n) is 6.07. The number of nitrogens with zero attached hydrogens (tertiary/aromatic N) is 3. The Hall–Kier alpha value is -3.07. The minimum atomic E-state index is -0.789. The largest absolute Gasteiger partial charge is 0.497 e. The lowest BCUT2D eigenvalue weighted by Gasteiger charge is -2.16. The van der Waals surface area contributed by atoms with Crippen LogP contribution in [-0.2, 0) is 17.8 Å². The van der Waals surface area contributed by atoms with Gasteiger partial charge in [0.25, 0.3) is 0 Å². The second-order valence-corrected chi connectivity index (χ2v) is 9.21. The van der Waals surface area contributed by atoms with Crippen LogP contribution in [0.25, 0.3) is 5.69 Å². The van der Waals surface area contributed by atoms with Crippen LogP contribution in [0.2, 0.25) is 0 Å². The van der Waals surface area contributed by atoms with Crippen LogP contribution >= 0.6 is 13.5 Å². The number of rotatable bonds is 11. The number of methoxy groups -OCH3 is 1. The van der Waals surface area contributed by atoms with Crippen LogP contribution in [0.5, 0.6) is 11.5 Å². The molecule has 2 aromatic carbocycles. The van der Waals surface area contributed by atoms with E-state index in [0.29, 0.717) is 35.4 Å². The standard InChI is InChI=1S/C26H30FN3O4.H2S/c1-16(2)11-25-23(28-29-30(25)24-13-19(33-3)9-10-22(24)27)15-34-20-6-4-5-18(12-20)21(14-26(31)32)17-7-8-17;/h4-6,9-10,12-13,16-17,21H,7-8,11,14-15H2,1-3H3,(H,31,32);1H2/t21-;/m0./s1. The highest BCUT2D eigenvalue weighted by atomic mass is 32.1. The van der Waals surface area contributed by atoms with E-state index < -0.39 is 11.8 Å². The molecule has 1 fully saturated rings. The van der Waals surface area contributed by atoms with Gasteiger partial charge in [-0.15, -0.1) is 5.10 Å². The van der Waals surface area contributed by atoms with E-state index in [-0.39, 0.29) is 38.1 Å². The monoisotopic (exact) mass is 501 g/mol. The molecular weight excluding hydrogens is 469 g/mol. The second-order valence-electron chi connectivity index (χ2n) is 9.21. The lowest BCUT2D eigenvalue weighted by atomic mass is 9.91. The normalized spacial score (nSPS) is 13.9. The first-order valence-electron chi connectivity index (χ1n) is 11.6. The van der Waals surface area contributed by atoms with Crippen LogP contribution in [0.4, 0.5) is 4.39 Å². The molecule has 1 N–H and O–H groups in total. The Balaban J connectivity index is 0.00000342. The van der Waals surface area contributed by atoms with Crippen LogP contribution in [-0.4, -0.2) is 33.2 Å². The van der Waals surface area contributed by atoms with Gasteiger partial charge in [-0.1, -0.05) is 31.2 Å². The zero-order valence-corrected chi connectivity index (χ0v) is 21.2. The van der Waals surface area contributed by atoms with E-state index in [1.54, 1.807) is 12.1 Å². The maximum Gasteiger partial charge on any atom is 0.303 e. The van der Waals surface area contributed by atoms with Crippen molar-refractivity contribution in [3.8, 4) is 17.2 Å². The highest BCUT2D eigenvalue weighted by Gasteiger charge is 2.33. The van der Waals surface area contributed by atoms with Crippen LogP contribution < -0.4 is 9.47 Å². The quantitative estimate of drug-likeness (QED) is 0.385. The van der Waals surface area contributed by atoms with Gasteiger partial charge in [-0.2, -0.15) is 13.5 Å². The summed E-state index contributed by atoms with van der Waals surface area (Å²) in [5.41, 5.74) is 2.66. The molecule has 0 saturated heterocycles. The molecule has 1 aliphatic carbocycles. The number of carboxylic acids is 1. The average Bonchev–Trinajstić information content (AvgIpc) is 3.58. The number of aliphatic carboxylic acids is 1. The molecule has 7 nitrogen and oxygen atoms in total. The summed E-state index contributed by atoms with van der Waals surface area (Å²) in [6.07, 6.45) is 2.88. The Labute approximate surface area is 211 Å². The average molecular weight is 502 g/mol. The zero-order valence-electron chi connectivity index (χ0n) is 20.2. The summed E-state index contributed by atoms with van der Waals surface area (Å²) < 4.78 is 27.5. The molecule has 0 radical (unpaired) electrons. The van der Waals surface area contributed by atoms with Gasteiger partial charge in [0.2, 0.25) is 0 Å². The van der Waals surface area contributed by atoms with E-state index in [9.17, 15) is 14.3 Å². The number of carboxylic acid groups (broad SMARTS) is 1. The summed E-state index contributed by atoms with van der Waals surface area (Å²) in [5, 5.41) is 17.8. The summed E-state index contributed by atoms with van der Waals surface area (Å²) in [4.78, 5) is 11.3. The third kappa shape index (κ3) is 6.54. The lowest BCUT2D eigenvalue weighted by Crippen LogP contribution is -2.10. The third-order valence-corrected chi connectivity index (χ3v) is 6.07. The fourth-order valence-electron chi connectivity index (χ4n) is 4.24. The highest BCUT2D eigenvalue weighted by molar-refractivity contribution is 7.59. The first kappa shape index (κ1) is 26.5. The molecule has 1 atom stereocenters. The van der Waals surface area contributed by atoms with Crippen molar-refractivity contribution in [2.24, 2.45) is 11.8 Å². The van der Waals surface area contributed by atoms with Crippen molar-refractivity contribution >= 4 is 19.5 Å². The van der Waals surface area contributed by atoms with Crippen LogP contribution in [0.1, 0.15) is 56.0 Å². The Morgan fingerprint density at radius 2 is 1.97 bits per heavy atom. The molecule has 0 aliphatic heterocycles. The number of carbonyl (C=O) groups is 1. The molecule has 9 heteroatoms. The molecule has 1 aromatic heterocycles. The van der Waals surface area contributed by atoms with Gasteiger partial charge < -0.3 is 14.6 Å². The van der Waals surface area contributed by atoms with Crippen LogP contribution in [0.3, 0.4) is 0 Å². The number of hydrogen-bond acceptors (Lipinski definition) is 5. The Morgan fingerprint density at radius 1 is 1.20 bits per heavy atom. The van der Waals surface area contributed by atoms with Crippen molar-refractivity contribution in [2.75, 3.05) is 7.11 Å². The van der Waals surface area contributed by atoms with Crippen molar-refractivity contribution in [3.63, 3.8) is 0 Å². The summed E-state index contributed by atoms with van der Waals surface area (Å²) in [5.74, 6) is 0.678. The summed E-state index contributed by atoms with van der Waals surface area (Å²) in [7, 11) is 1.53. The smallest absolute Gasteiger partial charge is 0.303 e. The van der Waals surface area contributed by atoms with E-state index in [1.165, 1.54) is 17.9 Å². The SMILES string of the molecule is COc1ccc(F)c(-n2nnc(COc3cccc([C@@H](CC(=O)O)C4CC4)c3)c2CC(C)C)c1.S. The molecule has 1 aliphatic rings. The fourth-order valence-corrected chi connectivity index (χ4v) is 4.24. The molecule has 1 heterocycles. The highest BCUT2D eigenvalue weighted by Crippen LogP contribution is 2.45. The van der Waals surface area contributed by atoms with Gasteiger partial charge in [-0.3, -0.25) is 4.79 Å². The predicted octanol–water partition coefficient (Wildman–Crippen LogP) is 5.27. The molecule has 35 heavy (non-hydrogen) atoms. The van der Waals surface area contributed by atoms with E-state index in [0.717, 1.165) is 24.1 Å². The zero-order chi connectivity index (χ0) is 24.2. The van der Waals surface area contributed by atoms with Gasteiger partial charge in [0.05, 0.1) is 19.2 Å². The van der Waals surface area contributed by atoms with Gasteiger partial charge >= 0.3 is 5.97 Å². The first-order chi connectivity index (χ1) is 16.4. The van der Waals surface area contributed by atoms with Gasteiger partial charge in [0.15, 0.2) is 0 Å². The van der Waals surface area contributed by atoms with Crippen LogP contribution in [0.15, 0.2) is 42.5 Å². The fraction of sp³-hybridized carbons (Fsp3) is 0.423. The topological polar surface area (TPSA) is 86.5 Å². The van der Waals surface area contributed by atoms with Gasteiger partial charge in [-0.25, -0.2) is 9.07 Å². The van der Waals surface area contributed by atoms with Crippen molar-refractivity contribution in [2.45, 2.75) is 52.1 Å². The second kappa shape index (κ2) is 11.6. The molecule has 4 rings (SSSR count). The van der Waals surface area contributed by atoms with E-state index in [4.69, 9.17) is 9.47 Å². The van der Waals surface area contributed by atoms with Gasteiger partial charge in [-0.05, 0) is 66.8 Å². The Bertz CT molecular complexity index is 1160. The minimum absolute atomic E-state index is 0. The van der Waals surface area contributed by atoms with Gasteiger partial charge in [0.1, 0.15) is 35.3 Å². The van der Waals surface area contributed by atoms with E-state index in [1.807, 2.05) is 24.3 Å². The molecule has 0 amide bonds. The van der Waals surface area contributed by atoms with Crippen molar-refractivity contribution in [3.05, 3.63) is 65.2 Å². The summed E-state index contributed by atoms with van der Waals surface area (Å²) >= 11 is 0. The van der Waals surface area contributed by atoms with Crippen molar-refractivity contribution < 1.29 is 23.8 Å². The molecule has 188 valence electrons. The Kier molecular flexibility index (Phi) is 8.77.